The molecule has 0 spiro atoms. The molecule has 2 saturated heterocycles. The van der Waals surface area contributed by atoms with Crippen LogP contribution < -0.4 is 0 Å². The largest absolute Gasteiger partial charge is 0.381 e. The van der Waals surface area contributed by atoms with E-state index in [0.717, 1.165) is 32.6 Å². The molecule has 4 rings (SSSR count). The van der Waals surface area contributed by atoms with Gasteiger partial charge in [0.25, 0.3) is 0 Å². The van der Waals surface area contributed by atoms with Gasteiger partial charge in [0, 0.05) is 31.3 Å². The zero-order valence-corrected chi connectivity index (χ0v) is 13.1. The number of nitrogens with zero attached hydrogens (tertiary/aromatic N) is 2. The van der Waals surface area contributed by atoms with Gasteiger partial charge in [0.05, 0.1) is 5.69 Å². The number of fused-ring (bicyclic) bond motifs is 1. The molecule has 0 radical (unpaired) electrons. The highest BCUT2D eigenvalue weighted by Crippen LogP contribution is 2.29. The van der Waals surface area contributed by atoms with E-state index in [1.807, 2.05) is 6.20 Å². The molecule has 2 aliphatic rings. The molecule has 3 heteroatoms. The summed E-state index contributed by atoms with van der Waals surface area (Å²) in [6.45, 7) is 5.25. The molecule has 0 unspecified atom stereocenters. The van der Waals surface area contributed by atoms with Gasteiger partial charge in [-0.15, -0.1) is 0 Å². The van der Waals surface area contributed by atoms with Crippen molar-refractivity contribution in [1.82, 2.24) is 9.88 Å². The van der Waals surface area contributed by atoms with Gasteiger partial charge in [0.2, 0.25) is 0 Å². The second kappa shape index (κ2) is 6.35. The molecule has 1 aromatic carbocycles. The second-order valence-electron chi connectivity index (χ2n) is 6.65. The molecule has 2 aromatic rings. The van der Waals surface area contributed by atoms with Crippen LogP contribution in [0.4, 0.5) is 0 Å². The van der Waals surface area contributed by atoms with Crippen LogP contribution in [0.1, 0.15) is 42.9 Å². The van der Waals surface area contributed by atoms with Crippen LogP contribution in [0.3, 0.4) is 0 Å². The second-order valence-corrected chi connectivity index (χ2v) is 6.65. The molecule has 0 saturated carbocycles. The van der Waals surface area contributed by atoms with E-state index in [9.17, 15) is 0 Å². The maximum Gasteiger partial charge on any atom is 0.0550 e. The molecule has 0 atom stereocenters. The Morgan fingerprint density at radius 1 is 1.05 bits per heavy atom. The Kier molecular flexibility index (Phi) is 4.09. The van der Waals surface area contributed by atoms with Gasteiger partial charge in [-0.1, -0.05) is 18.2 Å². The maximum atomic E-state index is 5.49. The zero-order chi connectivity index (χ0) is 14.8. The number of rotatable bonds is 3. The van der Waals surface area contributed by atoms with Crippen molar-refractivity contribution < 1.29 is 4.74 Å². The smallest absolute Gasteiger partial charge is 0.0550 e. The number of hydrogen-bond acceptors (Lipinski definition) is 3. The number of likely N-dealkylation sites (tertiary alicyclic amines) is 1. The molecule has 2 fully saturated rings. The number of benzene rings is 1. The average molecular weight is 296 g/mol. The molecule has 0 amide bonds. The highest BCUT2D eigenvalue weighted by Gasteiger charge is 2.16. The van der Waals surface area contributed by atoms with E-state index in [2.05, 4.69) is 34.1 Å². The summed E-state index contributed by atoms with van der Waals surface area (Å²) in [5, 5.41) is 2.59. The van der Waals surface area contributed by atoms with Crippen molar-refractivity contribution in [3.05, 3.63) is 41.7 Å². The van der Waals surface area contributed by atoms with Crippen molar-refractivity contribution in [2.24, 2.45) is 0 Å². The lowest BCUT2D eigenvalue weighted by Crippen LogP contribution is -2.19. The molecule has 3 nitrogen and oxygen atoms in total. The molecule has 22 heavy (non-hydrogen) atoms. The third-order valence-corrected chi connectivity index (χ3v) is 5.08. The minimum absolute atomic E-state index is 0.661. The molecule has 0 aliphatic carbocycles. The van der Waals surface area contributed by atoms with Crippen LogP contribution >= 0.6 is 0 Å². The Hall–Kier alpha value is -1.45. The molecule has 1 aromatic heterocycles. The lowest BCUT2D eigenvalue weighted by atomic mass is 9.90. The average Bonchev–Trinajstić information content (AvgIpc) is 3.08. The Balaban J connectivity index is 1.59. The van der Waals surface area contributed by atoms with E-state index in [4.69, 9.17) is 4.74 Å². The summed E-state index contributed by atoms with van der Waals surface area (Å²) >= 11 is 0. The summed E-state index contributed by atoms with van der Waals surface area (Å²) in [5.74, 6) is 0.661. The van der Waals surface area contributed by atoms with Gasteiger partial charge in [0.1, 0.15) is 0 Å². The Morgan fingerprint density at radius 3 is 2.68 bits per heavy atom. The molecular formula is C19H24N2O. The molecule has 2 aliphatic heterocycles. The number of ether oxygens (including phenoxy) is 1. The summed E-state index contributed by atoms with van der Waals surface area (Å²) < 4.78 is 5.49. The fraction of sp³-hybridized carbons (Fsp3) is 0.526. The van der Waals surface area contributed by atoms with Gasteiger partial charge < -0.3 is 4.74 Å². The summed E-state index contributed by atoms with van der Waals surface area (Å²) in [4.78, 5) is 7.16. The lowest BCUT2D eigenvalue weighted by molar-refractivity contribution is 0.0853. The van der Waals surface area contributed by atoms with Crippen LogP contribution in [-0.4, -0.2) is 36.2 Å². The monoisotopic (exact) mass is 296 g/mol. The van der Waals surface area contributed by atoms with E-state index in [1.54, 1.807) is 0 Å². The Morgan fingerprint density at radius 2 is 1.86 bits per heavy atom. The topological polar surface area (TPSA) is 25.4 Å². The normalized spacial score (nSPS) is 20.7. The van der Waals surface area contributed by atoms with Crippen molar-refractivity contribution in [2.75, 3.05) is 26.3 Å². The van der Waals surface area contributed by atoms with Crippen molar-refractivity contribution in [3.63, 3.8) is 0 Å². The highest BCUT2D eigenvalue weighted by molar-refractivity contribution is 5.82. The van der Waals surface area contributed by atoms with Gasteiger partial charge in [-0.3, -0.25) is 9.88 Å². The number of hydrogen-bond donors (Lipinski definition) is 0. The maximum absolute atomic E-state index is 5.49. The summed E-state index contributed by atoms with van der Waals surface area (Å²) in [6, 6.07) is 9.17. The van der Waals surface area contributed by atoms with Crippen molar-refractivity contribution in [2.45, 2.75) is 38.1 Å². The first-order valence-electron chi connectivity index (χ1n) is 8.57. The van der Waals surface area contributed by atoms with Crippen molar-refractivity contribution in [1.29, 1.82) is 0 Å². The molecule has 116 valence electrons. The minimum Gasteiger partial charge on any atom is -0.381 e. The third-order valence-electron chi connectivity index (χ3n) is 5.08. The highest BCUT2D eigenvalue weighted by atomic mass is 16.5. The van der Waals surface area contributed by atoms with E-state index in [1.165, 1.54) is 48.0 Å². The standard InChI is InChI=1S/C19H24N2O/c1-2-8-21(7-1)14-19-12-18-11-16(3-4-17(18)13-20-19)15-5-9-22-10-6-15/h3-4,11-13,15H,1-2,5-10,14H2. The van der Waals surface area contributed by atoms with E-state index in [-0.39, 0.29) is 0 Å². The first kappa shape index (κ1) is 14.2. The van der Waals surface area contributed by atoms with E-state index < -0.39 is 0 Å². The predicted octanol–water partition coefficient (Wildman–Crippen LogP) is 3.72. The van der Waals surface area contributed by atoms with Gasteiger partial charge in [-0.2, -0.15) is 0 Å². The van der Waals surface area contributed by atoms with Gasteiger partial charge in [0.15, 0.2) is 0 Å². The quantitative estimate of drug-likeness (QED) is 0.863. The Bertz CT molecular complexity index is 643. The first-order valence-corrected chi connectivity index (χ1v) is 8.57. The fourth-order valence-corrected chi connectivity index (χ4v) is 3.75. The zero-order valence-electron chi connectivity index (χ0n) is 13.1. The van der Waals surface area contributed by atoms with Crippen LogP contribution in [0.15, 0.2) is 30.5 Å². The van der Waals surface area contributed by atoms with Gasteiger partial charge in [-0.05, 0) is 61.7 Å². The van der Waals surface area contributed by atoms with Crippen LogP contribution in [0.2, 0.25) is 0 Å². The SMILES string of the molecule is c1cc2cnc(CN3CCCC3)cc2cc1C1CCOCC1. The van der Waals surface area contributed by atoms with Crippen LogP contribution in [0.5, 0.6) is 0 Å². The molecule has 3 heterocycles. The van der Waals surface area contributed by atoms with Crippen LogP contribution in [0.25, 0.3) is 10.8 Å². The van der Waals surface area contributed by atoms with Crippen LogP contribution in [0, 0.1) is 0 Å². The van der Waals surface area contributed by atoms with Crippen molar-refractivity contribution >= 4 is 10.8 Å². The van der Waals surface area contributed by atoms with Gasteiger partial charge in [-0.25, -0.2) is 0 Å². The molecule has 0 bridgehead atoms. The molecule has 0 N–H and O–H groups in total. The molecular weight excluding hydrogens is 272 g/mol. The minimum atomic E-state index is 0.661. The lowest BCUT2D eigenvalue weighted by Gasteiger charge is -2.22. The predicted molar refractivity (Wildman–Crippen MR) is 89.0 cm³/mol. The summed E-state index contributed by atoms with van der Waals surface area (Å²) in [5.41, 5.74) is 2.67. The number of pyridine rings is 1. The van der Waals surface area contributed by atoms with Crippen molar-refractivity contribution in [3.8, 4) is 0 Å². The summed E-state index contributed by atoms with van der Waals surface area (Å²) in [7, 11) is 0. The van der Waals surface area contributed by atoms with E-state index >= 15 is 0 Å². The van der Waals surface area contributed by atoms with Gasteiger partial charge >= 0.3 is 0 Å². The first-order chi connectivity index (χ1) is 10.9. The summed E-state index contributed by atoms with van der Waals surface area (Å²) in [6.07, 6.45) is 7.01. The Labute approximate surface area is 132 Å². The fourth-order valence-electron chi connectivity index (χ4n) is 3.75. The van der Waals surface area contributed by atoms with Crippen LogP contribution in [-0.2, 0) is 11.3 Å². The number of aromatic nitrogens is 1. The van der Waals surface area contributed by atoms with E-state index in [0.29, 0.717) is 5.92 Å². The third kappa shape index (κ3) is 3.01.